The van der Waals surface area contributed by atoms with Crippen LogP contribution in [-0.2, 0) is 14.8 Å². The second kappa shape index (κ2) is 8.21. The summed E-state index contributed by atoms with van der Waals surface area (Å²) < 4.78 is 27.3. The Morgan fingerprint density at radius 3 is 2.15 bits per heavy atom. The zero-order valence-corrected chi connectivity index (χ0v) is 16.1. The van der Waals surface area contributed by atoms with Crippen LogP contribution in [0.3, 0.4) is 0 Å². The molecule has 27 heavy (non-hydrogen) atoms. The monoisotopic (exact) mass is 388 g/mol. The lowest BCUT2D eigenvalue weighted by atomic mass is 10.1. The molecular weight excluding hydrogens is 364 g/mol. The van der Waals surface area contributed by atoms with Crippen molar-refractivity contribution >= 4 is 16.0 Å². The standard InChI is InChI=1S/C20H24N2O4S/c1-21(15-20(23)24)18-11-13-22(14-12-18)27(25,26)19-9-7-17(8-10-19)16-5-3-2-4-6-16/h2-10,18H,11-15H2,1H3,(H,23,24). The molecule has 7 heteroatoms. The third-order valence-electron chi connectivity index (χ3n) is 5.03. The molecular formula is C20H24N2O4S. The third-order valence-corrected chi connectivity index (χ3v) is 6.94. The van der Waals surface area contributed by atoms with Gasteiger partial charge in [0, 0.05) is 19.1 Å². The van der Waals surface area contributed by atoms with Crippen molar-refractivity contribution in [3.05, 3.63) is 54.6 Å². The predicted octanol–water partition coefficient (Wildman–Crippen LogP) is 2.52. The molecule has 0 saturated carbocycles. The molecule has 1 heterocycles. The number of rotatable bonds is 6. The van der Waals surface area contributed by atoms with Crippen LogP contribution in [0.1, 0.15) is 12.8 Å². The second-order valence-corrected chi connectivity index (χ2v) is 8.77. The number of nitrogens with zero attached hydrogens (tertiary/aromatic N) is 2. The number of likely N-dealkylation sites (N-methyl/N-ethyl adjacent to an activating group) is 1. The minimum Gasteiger partial charge on any atom is -0.480 e. The molecule has 0 spiro atoms. The first-order valence-corrected chi connectivity index (χ1v) is 10.4. The van der Waals surface area contributed by atoms with Crippen molar-refractivity contribution in [2.75, 3.05) is 26.7 Å². The molecule has 0 bridgehead atoms. The van der Waals surface area contributed by atoms with Gasteiger partial charge in [0.1, 0.15) is 0 Å². The van der Waals surface area contributed by atoms with Crippen LogP contribution in [0.2, 0.25) is 0 Å². The van der Waals surface area contributed by atoms with Crippen LogP contribution in [0.25, 0.3) is 11.1 Å². The van der Waals surface area contributed by atoms with Gasteiger partial charge in [0.25, 0.3) is 0 Å². The molecule has 1 fully saturated rings. The van der Waals surface area contributed by atoms with Gasteiger partial charge in [-0.25, -0.2) is 8.42 Å². The molecule has 0 amide bonds. The Kier molecular flexibility index (Phi) is 5.94. The van der Waals surface area contributed by atoms with Crippen LogP contribution in [0.5, 0.6) is 0 Å². The Bertz CT molecular complexity index is 874. The molecule has 0 unspecified atom stereocenters. The number of benzene rings is 2. The maximum atomic E-state index is 12.9. The third kappa shape index (κ3) is 4.55. The zero-order valence-electron chi connectivity index (χ0n) is 15.3. The Labute approximate surface area is 160 Å². The topological polar surface area (TPSA) is 77.9 Å². The van der Waals surface area contributed by atoms with Crippen molar-refractivity contribution in [1.82, 2.24) is 9.21 Å². The largest absolute Gasteiger partial charge is 0.480 e. The molecule has 0 aromatic heterocycles. The Hall–Kier alpha value is -2.22. The Morgan fingerprint density at radius 2 is 1.59 bits per heavy atom. The van der Waals surface area contributed by atoms with E-state index in [-0.39, 0.29) is 12.6 Å². The molecule has 1 aliphatic heterocycles. The van der Waals surface area contributed by atoms with Gasteiger partial charge in [-0.3, -0.25) is 9.69 Å². The lowest BCUT2D eigenvalue weighted by Crippen LogP contribution is -2.46. The number of carboxylic acid groups (broad SMARTS) is 1. The molecule has 0 atom stereocenters. The van der Waals surface area contributed by atoms with Crippen LogP contribution in [0, 0.1) is 0 Å². The summed E-state index contributed by atoms with van der Waals surface area (Å²) in [6, 6.07) is 16.9. The van der Waals surface area contributed by atoms with Gasteiger partial charge in [0.15, 0.2) is 0 Å². The van der Waals surface area contributed by atoms with Gasteiger partial charge in [-0.1, -0.05) is 42.5 Å². The molecule has 0 aliphatic carbocycles. The number of aliphatic carboxylic acids is 1. The minimum atomic E-state index is -3.53. The zero-order chi connectivity index (χ0) is 19.4. The normalized spacial score (nSPS) is 16.5. The maximum Gasteiger partial charge on any atom is 0.317 e. The lowest BCUT2D eigenvalue weighted by Gasteiger charge is -2.35. The van der Waals surface area contributed by atoms with E-state index >= 15 is 0 Å². The summed E-state index contributed by atoms with van der Waals surface area (Å²) in [7, 11) is -1.77. The molecule has 144 valence electrons. The van der Waals surface area contributed by atoms with E-state index in [0.29, 0.717) is 30.8 Å². The lowest BCUT2D eigenvalue weighted by molar-refractivity contribution is -0.138. The van der Waals surface area contributed by atoms with Crippen molar-refractivity contribution in [1.29, 1.82) is 0 Å². The van der Waals surface area contributed by atoms with Gasteiger partial charge in [-0.05, 0) is 43.1 Å². The van der Waals surface area contributed by atoms with Crippen molar-refractivity contribution in [3.63, 3.8) is 0 Å². The van der Waals surface area contributed by atoms with Crippen molar-refractivity contribution in [3.8, 4) is 11.1 Å². The fraction of sp³-hybridized carbons (Fsp3) is 0.350. The molecule has 1 N–H and O–H groups in total. The van der Waals surface area contributed by atoms with Crippen LogP contribution in [-0.4, -0.2) is 61.4 Å². The van der Waals surface area contributed by atoms with Crippen LogP contribution >= 0.6 is 0 Å². The van der Waals surface area contributed by atoms with E-state index in [0.717, 1.165) is 11.1 Å². The number of carboxylic acids is 1. The van der Waals surface area contributed by atoms with Gasteiger partial charge < -0.3 is 5.11 Å². The molecule has 2 aromatic rings. The van der Waals surface area contributed by atoms with Gasteiger partial charge in [0.2, 0.25) is 10.0 Å². The predicted molar refractivity (Wildman–Crippen MR) is 104 cm³/mol. The number of piperidine rings is 1. The van der Waals surface area contributed by atoms with E-state index in [1.54, 1.807) is 24.1 Å². The number of hydrogen-bond acceptors (Lipinski definition) is 4. The average molecular weight is 388 g/mol. The highest BCUT2D eigenvalue weighted by Crippen LogP contribution is 2.25. The molecule has 3 rings (SSSR count). The van der Waals surface area contributed by atoms with Crippen molar-refractivity contribution < 1.29 is 18.3 Å². The smallest absolute Gasteiger partial charge is 0.317 e. The fourth-order valence-electron chi connectivity index (χ4n) is 3.46. The highest BCUT2D eigenvalue weighted by atomic mass is 32.2. The molecule has 1 saturated heterocycles. The van der Waals surface area contributed by atoms with E-state index in [2.05, 4.69) is 0 Å². The van der Waals surface area contributed by atoms with Gasteiger partial charge >= 0.3 is 5.97 Å². The number of sulfonamides is 1. The Balaban J connectivity index is 1.68. The molecule has 2 aromatic carbocycles. The average Bonchev–Trinajstić information content (AvgIpc) is 2.68. The molecule has 1 aliphatic rings. The number of carbonyl (C=O) groups is 1. The molecule has 0 radical (unpaired) electrons. The maximum absolute atomic E-state index is 12.9. The first kappa shape index (κ1) is 19.5. The number of hydrogen-bond donors (Lipinski definition) is 1. The van der Waals surface area contributed by atoms with Crippen LogP contribution < -0.4 is 0 Å². The highest BCUT2D eigenvalue weighted by molar-refractivity contribution is 7.89. The highest BCUT2D eigenvalue weighted by Gasteiger charge is 2.31. The minimum absolute atomic E-state index is 0.0294. The van der Waals surface area contributed by atoms with E-state index in [1.165, 1.54) is 4.31 Å². The van der Waals surface area contributed by atoms with Gasteiger partial charge in [-0.15, -0.1) is 0 Å². The van der Waals surface area contributed by atoms with E-state index in [1.807, 2.05) is 42.5 Å². The summed E-state index contributed by atoms with van der Waals surface area (Å²) >= 11 is 0. The van der Waals surface area contributed by atoms with E-state index < -0.39 is 16.0 Å². The van der Waals surface area contributed by atoms with Crippen LogP contribution in [0.15, 0.2) is 59.5 Å². The first-order chi connectivity index (χ1) is 12.9. The summed E-state index contributed by atoms with van der Waals surface area (Å²) in [5.74, 6) is -0.869. The summed E-state index contributed by atoms with van der Waals surface area (Å²) in [4.78, 5) is 12.9. The van der Waals surface area contributed by atoms with Crippen molar-refractivity contribution in [2.45, 2.75) is 23.8 Å². The van der Waals surface area contributed by atoms with E-state index in [4.69, 9.17) is 5.11 Å². The van der Waals surface area contributed by atoms with Gasteiger partial charge in [0.05, 0.1) is 11.4 Å². The summed E-state index contributed by atoms with van der Waals surface area (Å²) in [6.07, 6.45) is 1.26. The summed E-state index contributed by atoms with van der Waals surface area (Å²) in [5.41, 5.74) is 2.02. The van der Waals surface area contributed by atoms with Gasteiger partial charge in [-0.2, -0.15) is 4.31 Å². The van der Waals surface area contributed by atoms with Crippen molar-refractivity contribution in [2.24, 2.45) is 0 Å². The summed E-state index contributed by atoms with van der Waals surface area (Å²) in [6.45, 7) is 0.771. The fourth-order valence-corrected chi connectivity index (χ4v) is 4.93. The Morgan fingerprint density at radius 1 is 1.04 bits per heavy atom. The first-order valence-electron chi connectivity index (χ1n) is 8.95. The SMILES string of the molecule is CN(CC(=O)O)C1CCN(S(=O)(=O)c2ccc(-c3ccccc3)cc2)CC1. The quantitative estimate of drug-likeness (QED) is 0.823. The molecule has 6 nitrogen and oxygen atoms in total. The summed E-state index contributed by atoms with van der Waals surface area (Å²) in [5, 5.41) is 8.90. The van der Waals surface area contributed by atoms with E-state index in [9.17, 15) is 13.2 Å². The second-order valence-electron chi connectivity index (χ2n) is 6.83. The van der Waals surface area contributed by atoms with Crippen LogP contribution in [0.4, 0.5) is 0 Å².